The summed E-state index contributed by atoms with van der Waals surface area (Å²) in [5.74, 6) is 0.679. The molecule has 5 heteroatoms. The summed E-state index contributed by atoms with van der Waals surface area (Å²) >= 11 is 0. The van der Waals surface area contributed by atoms with Gasteiger partial charge < -0.3 is 4.74 Å². The third-order valence-corrected chi connectivity index (χ3v) is 4.98. The van der Waals surface area contributed by atoms with Crippen LogP contribution in [-0.4, -0.2) is 29.0 Å². The van der Waals surface area contributed by atoms with Gasteiger partial charge in [-0.1, -0.05) is 31.2 Å². The van der Waals surface area contributed by atoms with Crippen LogP contribution in [0.3, 0.4) is 0 Å². The number of ether oxygens (including phenoxy) is 1. The van der Waals surface area contributed by atoms with Crippen molar-refractivity contribution in [1.82, 2.24) is 4.90 Å². The zero-order chi connectivity index (χ0) is 21.3. The van der Waals surface area contributed by atoms with Crippen LogP contribution in [0.1, 0.15) is 49.9 Å². The SMILES string of the molecule is CCc1ccc(N2CC(=O)N(Cc3cc(C)c(OC(C)(C)C)c(C)c3)C2=O)cc1. The highest BCUT2D eigenvalue weighted by atomic mass is 16.5. The zero-order valence-corrected chi connectivity index (χ0v) is 18.2. The number of anilines is 1. The second-order valence-corrected chi connectivity index (χ2v) is 8.64. The van der Waals surface area contributed by atoms with E-state index in [1.54, 1.807) is 4.90 Å². The number of rotatable bonds is 5. The van der Waals surface area contributed by atoms with E-state index in [9.17, 15) is 9.59 Å². The van der Waals surface area contributed by atoms with Crippen LogP contribution in [0.5, 0.6) is 5.75 Å². The molecule has 3 rings (SSSR count). The molecule has 0 atom stereocenters. The van der Waals surface area contributed by atoms with Crippen molar-refractivity contribution in [1.29, 1.82) is 0 Å². The van der Waals surface area contributed by atoms with Gasteiger partial charge in [-0.25, -0.2) is 4.79 Å². The normalized spacial score (nSPS) is 14.7. The number of urea groups is 1. The number of carbonyl (C=O) groups excluding carboxylic acids is 2. The third-order valence-electron chi connectivity index (χ3n) is 4.98. The number of benzene rings is 2. The Bertz CT molecular complexity index is 903. The number of hydrogen-bond acceptors (Lipinski definition) is 3. The van der Waals surface area contributed by atoms with E-state index in [1.807, 2.05) is 71.0 Å². The Hall–Kier alpha value is -2.82. The van der Waals surface area contributed by atoms with Gasteiger partial charge in [0.25, 0.3) is 5.91 Å². The van der Waals surface area contributed by atoms with Crippen molar-refractivity contribution in [2.75, 3.05) is 11.4 Å². The molecule has 2 aromatic rings. The van der Waals surface area contributed by atoms with Gasteiger partial charge in [-0.15, -0.1) is 0 Å². The van der Waals surface area contributed by atoms with E-state index in [2.05, 4.69) is 6.92 Å². The Labute approximate surface area is 173 Å². The fourth-order valence-electron chi connectivity index (χ4n) is 3.59. The van der Waals surface area contributed by atoms with Crippen LogP contribution in [0.15, 0.2) is 36.4 Å². The van der Waals surface area contributed by atoms with Crippen molar-refractivity contribution in [3.8, 4) is 5.75 Å². The molecule has 1 fully saturated rings. The van der Waals surface area contributed by atoms with Crippen LogP contribution < -0.4 is 9.64 Å². The lowest BCUT2D eigenvalue weighted by Gasteiger charge is -2.25. The van der Waals surface area contributed by atoms with Gasteiger partial charge in [-0.3, -0.25) is 14.6 Å². The Balaban J connectivity index is 1.79. The van der Waals surface area contributed by atoms with E-state index >= 15 is 0 Å². The summed E-state index contributed by atoms with van der Waals surface area (Å²) in [4.78, 5) is 28.3. The number of nitrogens with zero attached hydrogens (tertiary/aromatic N) is 2. The smallest absolute Gasteiger partial charge is 0.332 e. The van der Waals surface area contributed by atoms with E-state index in [0.717, 1.165) is 34.5 Å². The number of aryl methyl sites for hydroxylation is 3. The molecule has 0 radical (unpaired) electrons. The Morgan fingerprint density at radius 2 is 1.55 bits per heavy atom. The topological polar surface area (TPSA) is 49.9 Å². The van der Waals surface area contributed by atoms with Gasteiger partial charge in [-0.2, -0.15) is 0 Å². The minimum atomic E-state index is -0.286. The average Bonchev–Trinajstić information content (AvgIpc) is 2.92. The standard InChI is InChI=1S/C24H30N2O3/c1-7-18-8-10-20(11-9-18)25-15-21(27)26(23(25)28)14-19-12-16(2)22(17(3)13-19)29-24(4,5)6/h8-13H,7,14-15H2,1-6H3. The van der Waals surface area contributed by atoms with E-state index in [1.165, 1.54) is 10.5 Å². The zero-order valence-electron chi connectivity index (χ0n) is 18.2. The molecule has 29 heavy (non-hydrogen) atoms. The Morgan fingerprint density at radius 1 is 0.966 bits per heavy atom. The molecule has 154 valence electrons. The Kier molecular flexibility index (Phi) is 5.69. The second-order valence-electron chi connectivity index (χ2n) is 8.64. The van der Waals surface area contributed by atoms with Crippen LogP contribution in [0.25, 0.3) is 0 Å². The van der Waals surface area contributed by atoms with E-state index < -0.39 is 0 Å². The largest absolute Gasteiger partial charge is 0.488 e. The van der Waals surface area contributed by atoms with E-state index in [-0.39, 0.29) is 30.6 Å². The van der Waals surface area contributed by atoms with Crippen molar-refractivity contribution in [2.45, 2.75) is 60.1 Å². The number of carbonyl (C=O) groups is 2. The minimum Gasteiger partial charge on any atom is -0.488 e. The van der Waals surface area contributed by atoms with Gasteiger partial charge >= 0.3 is 6.03 Å². The van der Waals surface area contributed by atoms with Crippen LogP contribution >= 0.6 is 0 Å². The molecule has 0 saturated carbocycles. The lowest BCUT2D eigenvalue weighted by atomic mass is 10.0. The summed E-state index contributed by atoms with van der Waals surface area (Å²) in [5, 5.41) is 0. The van der Waals surface area contributed by atoms with Crippen LogP contribution in [0.4, 0.5) is 10.5 Å². The van der Waals surface area contributed by atoms with E-state index in [4.69, 9.17) is 4.74 Å². The summed E-state index contributed by atoms with van der Waals surface area (Å²) in [6.45, 7) is 12.5. The molecule has 0 aromatic heterocycles. The van der Waals surface area contributed by atoms with E-state index in [0.29, 0.717) is 0 Å². The van der Waals surface area contributed by atoms with Crippen molar-refractivity contribution in [2.24, 2.45) is 0 Å². The molecule has 1 aliphatic rings. The minimum absolute atomic E-state index is 0.0769. The third kappa shape index (κ3) is 4.61. The highest BCUT2D eigenvalue weighted by Crippen LogP contribution is 2.30. The molecular weight excluding hydrogens is 364 g/mol. The quantitative estimate of drug-likeness (QED) is 0.670. The molecule has 0 unspecified atom stereocenters. The fourth-order valence-corrected chi connectivity index (χ4v) is 3.59. The maximum atomic E-state index is 12.9. The monoisotopic (exact) mass is 394 g/mol. The summed E-state index contributed by atoms with van der Waals surface area (Å²) in [6.07, 6.45) is 0.937. The molecule has 1 heterocycles. The maximum absolute atomic E-state index is 12.9. The molecule has 0 aliphatic carbocycles. The molecule has 0 N–H and O–H groups in total. The van der Waals surface area contributed by atoms with Gasteiger partial charge in [0, 0.05) is 5.69 Å². The van der Waals surface area contributed by atoms with Crippen LogP contribution in [0, 0.1) is 13.8 Å². The molecule has 2 aromatic carbocycles. The predicted octanol–water partition coefficient (Wildman–Crippen LogP) is 5.01. The van der Waals surface area contributed by atoms with Crippen LogP contribution in [0.2, 0.25) is 0 Å². The van der Waals surface area contributed by atoms with Crippen molar-refractivity contribution in [3.05, 3.63) is 58.7 Å². The summed E-state index contributed by atoms with van der Waals surface area (Å²) in [5.41, 5.74) is 4.59. The first-order valence-corrected chi connectivity index (χ1v) is 10.1. The lowest BCUT2D eigenvalue weighted by molar-refractivity contribution is -0.125. The van der Waals surface area contributed by atoms with Crippen molar-refractivity contribution < 1.29 is 14.3 Å². The first-order chi connectivity index (χ1) is 13.6. The molecule has 0 bridgehead atoms. The van der Waals surface area contributed by atoms with Gasteiger partial charge in [0.1, 0.15) is 17.9 Å². The van der Waals surface area contributed by atoms with Gasteiger partial charge in [0.15, 0.2) is 0 Å². The van der Waals surface area contributed by atoms with Crippen molar-refractivity contribution in [3.63, 3.8) is 0 Å². The molecule has 1 saturated heterocycles. The maximum Gasteiger partial charge on any atom is 0.332 e. The van der Waals surface area contributed by atoms with Gasteiger partial charge in [0.2, 0.25) is 0 Å². The summed E-state index contributed by atoms with van der Waals surface area (Å²) < 4.78 is 6.07. The molecule has 3 amide bonds. The molecular formula is C24H30N2O3. The molecule has 1 aliphatic heterocycles. The first-order valence-electron chi connectivity index (χ1n) is 10.1. The van der Waals surface area contributed by atoms with Crippen LogP contribution in [-0.2, 0) is 17.8 Å². The first kappa shape index (κ1) is 20.9. The number of imide groups is 1. The Morgan fingerprint density at radius 3 is 2.07 bits per heavy atom. The fraction of sp³-hybridized carbons (Fsp3) is 0.417. The highest BCUT2D eigenvalue weighted by Gasteiger charge is 2.37. The molecule has 5 nitrogen and oxygen atoms in total. The number of amides is 3. The van der Waals surface area contributed by atoms with Gasteiger partial charge in [0.05, 0.1) is 6.54 Å². The predicted molar refractivity (Wildman–Crippen MR) is 115 cm³/mol. The van der Waals surface area contributed by atoms with Crippen molar-refractivity contribution >= 4 is 17.6 Å². The summed E-state index contributed by atoms with van der Waals surface area (Å²) in [7, 11) is 0. The lowest BCUT2D eigenvalue weighted by Crippen LogP contribution is -2.32. The highest BCUT2D eigenvalue weighted by molar-refractivity contribution is 6.12. The van der Waals surface area contributed by atoms with Gasteiger partial charge in [-0.05, 0) is 75.4 Å². The number of hydrogen-bond donors (Lipinski definition) is 0. The molecule has 0 spiro atoms. The summed E-state index contributed by atoms with van der Waals surface area (Å²) in [6, 6.07) is 11.5. The average molecular weight is 395 g/mol. The second kappa shape index (κ2) is 7.90.